The molecule has 1 aliphatic carbocycles. The van der Waals surface area contributed by atoms with Crippen LogP contribution in [0.3, 0.4) is 0 Å². The Morgan fingerprint density at radius 3 is 2.27 bits per heavy atom. The van der Waals surface area contributed by atoms with Gasteiger partial charge in [-0.15, -0.1) is 0 Å². The van der Waals surface area contributed by atoms with Gasteiger partial charge in [0.05, 0.1) is 12.5 Å². The Bertz CT molecular complexity index is 1010. The van der Waals surface area contributed by atoms with Crippen LogP contribution in [0, 0.1) is 5.92 Å². The largest absolute Gasteiger partial charge is 0.481 e. The van der Waals surface area contributed by atoms with Gasteiger partial charge < -0.3 is 25.2 Å². The molecule has 0 aromatic heterocycles. The summed E-state index contributed by atoms with van der Waals surface area (Å²) in [6.07, 6.45) is -1.46. The van der Waals surface area contributed by atoms with E-state index in [1.54, 1.807) is 0 Å². The molecule has 4 rings (SSSR count). The highest BCUT2D eigenvalue weighted by molar-refractivity contribution is 5.89. The number of alkyl carbamates (subject to hydrolysis) is 1. The summed E-state index contributed by atoms with van der Waals surface area (Å²) in [6, 6.07) is 14.7. The summed E-state index contributed by atoms with van der Waals surface area (Å²) in [5, 5.41) is 21.6. The normalized spacial score (nSPS) is 20.5. The fourth-order valence-corrected chi connectivity index (χ4v) is 4.71. The predicted octanol–water partition coefficient (Wildman–Crippen LogP) is 2.60. The van der Waals surface area contributed by atoms with E-state index in [0.717, 1.165) is 22.3 Å². The van der Waals surface area contributed by atoms with Crippen LogP contribution in [0.1, 0.15) is 36.8 Å². The Morgan fingerprint density at radius 1 is 1.09 bits per heavy atom. The van der Waals surface area contributed by atoms with Gasteiger partial charge in [-0.3, -0.25) is 9.59 Å². The topological polar surface area (TPSA) is 116 Å². The van der Waals surface area contributed by atoms with Crippen molar-refractivity contribution in [1.82, 2.24) is 10.2 Å². The minimum atomic E-state index is -1.24. The molecule has 0 radical (unpaired) electrons. The van der Waals surface area contributed by atoms with Crippen molar-refractivity contribution in [2.24, 2.45) is 5.92 Å². The Labute approximate surface area is 192 Å². The van der Waals surface area contributed by atoms with E-state index in [-0.39, 0.29) is 18.4 Å². The minimum absolute atomic E-state index is 0.0702. The first-order chi connectivity index (χ1) is 15.8. The molecule has 2 aromatic carbocycles. The number of amides is 2. The molecule has 174 valence electrons. The number of carbonyl (C=O) groups is 3. The van der Waals surface area contributed by atoms with Gasteiger partial charge in [-0.2, -0.15) is 0 Å². The highest BCUT2D eigenvalue weighted by atomic mass is 16.5. The predicted molar refractivity (Wildman–Crippen MR) is 121 cm³/mol. The van der Waals surface area contributed by atoms with E-state index in [4.69, 9.17) is 4.74 Å². The summed E-state index contributed by atoms with van der Waals surface area (Å²) in [5.74, 6) is -1.94. The number of hydrogen-bond acceptors (Lipinski definition) is 5. The highest BCUT2D eigenvalue weighted by Crippen LogP contribution is 2.44. The first-order valence-electron chi connectivity index (χ1n) is 11.1. The van der Waals surface area contributed by atoms with Crippen molar-refractivity contribution < 1.29 is 29.3 Å². The molecule has 1 heterocycles. The maximum Gasteiger partial charge on any atom is 0.407 e. The van der Waals surface area contributed by atoms with E-state index in [9.17, 15) is 24.6 Å². The minimum Gasteiger partial charge on any atom is -0.481 e. The first-order valence-corrected chi connectivity index (χ1v) is 11.1. The smallest absolute Gasteiger partial charge is 0.407 e. The van der Waals surface area contributed by atoms with Gasteiger partial charge in [-0.25, -0.2) is 4.79 Å². The molecule has 8 heteroatoms. The van der Waals surface area contributed by atoms with Gasteiger partial charge in [-0.1, -0.05) is 55.5 Å². The van der Waals surface area contributed by atoms with Gasteiger partial charge in [-0.05, 0) is 34.6 Å². The van der Waals surface area contributed by atoms with Gasteiger partial charge in [0, 0.05) is 19.0 Å². The average Bonchev–Trinajstić information content (AvgIpc) is 3.12. The molecule has 3 unspecified atom stereocenters. The number of carbonyl (C=O) groups excluding carboxylic acids is 2. The van der Waals surface area contributed by atoms with Gasteiger partial charge >= 0.3 is 12.1 Å². The number of aliphatic carboxylic acids is 1. The lowest BCUT2D eigenvalue weighted by molar-refractivity contribution is -0.144. The van der Waals surface area contributed by atoms with Crippen molar-refractivity contribution in [3.05, 3.63) is 59.7 Å². The van der Waals surface area contributed by atoms with Gasteiger partial charge in [0.15, 0.2) is 0 Å². The van der Waals surface area contributed by atoms with Crippen LogP contribution in [0.5, 0.6) is 0 Å². The molecule has 0 bridgehead atoms. The molecule has 8 nitrogen and oxygen atoms in total. The molecule has 3 atom stereocenters. The van der Waals surface area contributed by atoms with Crippen LogP contribution in [-0.4, -0.2) is 64.9 Å². The number of fused-ring (bicyclic) bond motifs is 3. The maximum atomic E-state index is 12.9. The summed E-state index contributed by atoms with van der Waals surface area (Å²) < 4.78 is 5.47. The molecule has 1 saturated heterocycles. The lowest BCUT2D eigenvalue weighted by atomic mass is 9.96. The van der Waals surface area contributed by atoms with E-state index >= 15 is 0 Å². The van der Waals surface area contributed by atoms with E-state index in [1.807, 2.05) is 55.5 Å². The molecule has 2 aliphatic rings. The Morgan fingerprint density at radius 2 is 1.70 bits per heavy atom. The summed E-state index contributed by atoms with van der Waals surface area (Å²) in [7, 11) is 0. The van der Waals surface area contributed by atoms with Crippen molar-refractivity contribution in [3.8, 4) is 11.1 Å². The summed E-state index contributed by atoms with van der Waals surface area (Å²) in [4.78, 5) is 38.3. The first kappa shape index (κ1) is 22.8. The molecule has 0 spiro atoms. The third-order valence-corrected chi connectivity index (χ3v) is 6.48. The number of benzene rings is 2. The van der Waals surface area contributed by atoms with Crippen molar-refractivity contribution >= 4 is 18.0 Å². The molecule has 33 heavy (non-hydrogen) atoms. The summed E-state index contributed by atoms with van der Waals surface area (Å²) in [5.41, 5.74) is 4.32. The third kappa shape index (κ3) is 4.85. The number of aliphatic hydroxyl groups is 1. The molecule has 1 fully saturated rings. The van der Waals surface area contributed by atoms with Crippen molar-refractivity contribution in [2.75, 3.05) is 19.7 Å². The molecule has 0 saturated carbocycles. The number of likely N-dealkylation sites (tertiary alicyclic amines) is 1. The van der Waals surface area contributed by atoms with Crippen LogP contribution in [-0.2, 0) is 14.3 Å². The number of carboxylic acids is 1. The molecule has 2 amide bonds. The molecule has 1 aliphatic heterocycles. The fourth-order valence-electron chi connectivity index (χ4n) is 4.71. The number of hydrogen-bond donors (Lipinski definition) is 3. The summed E-state index contributed by atoms with van der Waals surface area (Å²) in [6.45, 7) is 2.52. The van der Waals surface area contributed by atoms with E-state index < -0.39 is 36.5 Å². The number of rotatable bonds is 6. The Hall–Kier alpha value is -3.39. The van der Waals surface area contributed by atoms with Gasteiger partial charge in [0.1, 0.15) is 12.6 Å². The third-order valence-electron chi connectivity index (χ3n) is 6.48. The lowest BCUT2D eigenvalue weighted by Gasteiger charge is -2.36. The monoisotopic (exact) mass is 452 g/mol. The zero-order chi connectivity index (χ0) is 23.5. The van der Waals surface area contributed by atoms with Crippen LogP contribution in [0.25, 0.3) is 11.1 Å². The van der Waals surface area contributed by atoms with Crippen LogP contribution < -0.4 is 5.32 Å². The Kier molecular flexibility index (Phi) is 6.65. The van der Waals surface area contributed by atoms with Crippen molar-refractivity contribution in [2.45, 2.75) is 37.8 Å². The number of nitrogens with zero attached hydrogens (tertiary/aromatic N) is 1. The van der Waals surface area contributed by atoms with Gasteiger partial charge in [0.2, 0.25) is 5.91 Å². The van der Waals surface area contributed by atoms with Crippen LogP contribution >= 0.6 is 0 Å². The molecule has 2 aromatic rings. The number of carboxylic acid groups (broad SMARTS) is 1. The van der Waals surface area contributed by atoms with Crippen molar-refractivity contribution in [3.63, 3.8) is 0 Å². The number of nitrogens with one attached hydrogen (secondary N) is 1. The van der Waals surface area contributed by atoms with Crippen molar-refractivity contribution in [1.29, 1.82) is 0 Å². The zero-order valence-corrected chi connectivity index (χ0v) is 18.4. The second-order valence-corrected chi connectivity index (χ2v) is 8.74. The van der Waals surface area contributed by atoms with Crippen LogP contribution in [0.4, 0.5) is 4.79 Å². The summed E-state index contributed by atoms with van der Waals surface area (Å²) >= 11 is 0. The standard InChI is InChI=1S/C25H28N2O6/c1-15-13-27(11-10-22(15)28)24(31)21(12-23(29)30)26-25(32)33-14-20-18-8-4-2-6-16(18)17-7-3-5-9-19(17)20/h2-9,15,20-22,28H,10-14H2,1H3,(H,26,32)(H,29,30). The number of piperidine rings is 1. The molecule has 3 N–H and O–H groups in total. The lowest BCUT2D eigenvalue weighted by Crippen LogP contribution is -2.53. The van der Waals surface area contributed by atoms with Gasteiger partial charge in [0.25, 0.3) is 0 Å². The maximum absolute atomic E-state index is 12.9. The number of aliphatic hydroxyl groups excluding tert-OH is 1. The molecular formula is C25H28N2O6. The highest BCUT2D eigenvalue weighted by Gasteiger charge is 2.34. The zero-order valence-electron chi connectivity index (χ0n) is 18.4. The molecular weight excluding hydrogens is 424 g/mol. The van der Waals surface area contributed by atoms with Crippen LogP contribution in [0.2, 0.25) is 0 Å². The SMILES string of the molecule is CC1CN(C(=O)C(CC(=O)O)NC(=O)OCC2c3ccccc3-c3ccccc32)CCC1O. The van der Waals surface area contributed by atoms with E-state index in [1.165, 1.54) is 4.90 Å². The van der Waals surface area contributed by atoms with E-state index in [2.05, 4.69) is 5.32 Å². The second-order valence-electron chi connectivity index (χ2n) is 8.74. The average molecular weight is 453 g/mol. The van der Waals surface area contributed by atoms with E-state index in [0.29, 0.717) is 19.5 Å². The number of ether oxygens (including phenoxy) is 1. The second kappa shape index (κ2) is 9.62. The van der Waals surface area contributed by atoms with Crippen LogP contribution in [0.15, 0.2) is 48.5 Å². The Balaban J connectivity index is 1.42. The fraction of sp³-hybridized carbons (Fsp3) is 0.400. The quantitative estimate of drug-likeness (QED) is 0.620.